The number of hydrogen-bond donors (Lipinski definition) is 0. The zero-order chi connectivity index (χ0) is 2.00. The van der Waals surface area contributed by atoms with Gasteiger partial charge in [-0.05, 0) is 0 Å². The van der Waals surface area contributed by atoms with Crippen LogP contribution in [0.5, 0.6) is 0 Å². The summed E-state index contributed by atoms with van der Waals surface area (Å²) in [5.74, 6) is 0. The van der Waals surface area contributed by atoms with Crippen molar-refractivity contribution in [3.63, 3.8) is 0 Å². The molecule has 0 saturated heterocycles. The first-order valence-electron chi connectivity index (χ1n) is 0.167. The van der Waals surface area contributed by atoms with Crippen LogP contribution in [0, 0.1) is 0 Å². The predicted octanol–water partition coefficient (Wildman–Crippen LogP) is -0.0125. The standard InChI is InChI=1S/Cu.2Mo.Nb.Ti. The van der Waals surface area contributed by atoms with Crippen molar-refractivity contribution >= 4 is 0 Å². The molecule has 0 rings (SSSR count). The third-order valence-electron chi connectivity index (χ3n) is 0. The van der Waals surface area contributed by atoms with Crippen LogP contribution in [-0.4, -0.2) is 0 Å². The molecule has 0 atom stereocenters. The molecule has 0 aromatic carbocycles. The molecular formula is CuMo2NbTi. The molecule has 32 valence electrons. The Morgan fingerprint density at radius 3 is 1.00 bits per heavy atom. The van der Waals surface area contributed by atoms with Crippen LogP contribution in [0.4, 0.5) is 0 Å². The first-order valence-corrected chi connectivity index (χ1v) is 5.83. The molecule has 0 N–H and O–H groups in total. The minimum Gasteiger partial charge on any atom is 0 e. The Kier molecular flexibility index (Phi) is 126. The zero-order valence-corrected chi connectivity index (χ0v) is 10.8. The number of hydrogen-bond acceptors (Lipinski definition) is 0. The molecule has 0 bridgehead atoms. The minimum atomic E-state index is 0. The Morgan fingerprint density at radius 2 is 1.00 bits per heavy atom. The molecule has 0 aromatic rings. The Hall–Kier alpha value is 3.35. The summed E-state index contributed by atoms with van der Waals surface area (Å²) in [5, 5.41) is 0. The first kappa shape index (κ1) is 23.8. The molecule has 0 aliphatic heterocycles. The fourth-order valence-electron chi connectivity index (χ4n) is 0. The summed E-state index contributed by atoms with van der Waals surface area (Å²) in [6, 6.07) is 0. The van der Waals surface area contributed by atoms with Gasteiger partial charge < -0.3 is 0 Å². The monoisotopic (exact) mass is 400 g/mol. The van der Waals surface area contributed by atoms with Crippen molar-refractivity contribution in [1.82, 2.24) is 0 Å². The van der Waals surface area contributed by atoms with Crippen LogP contribution < -0.4 is 0 Å². The van der Waals surface area contributed by atoms with E-state index in [0.717, 1.165) is 0 Å². The molecule has 0 aliphatic rings. The van der Waals surface area contributed by atoms with Crippen LogP contribution in [0.15, 0.2) is 0 Å². The Morgan fingerprint density at radius 1 is 1.00 bits per heavy atom. The Balaban J connectivity index is -0.00000000167. The van der Waals surface area contributed by atoms with E-state index in [1.165, 1.54) is 0 Å². The normalized spacial score (nSPS) is 0.800. The van der Waals surface area contributed by atoms with Gasteiger partial charge in [-0.2, -0.15) is 0 Å². The van der Waals surface area contributed by atoms with Crippen molar-refractivity contribution in [3.8, 4) is 0 Å². The third-order valence-corrected chi connectivity index (χ3v) is 0. The summed E-state index contributed by atoms with van der Waals surface area (Å²) in [4.78, 5) is 0. The van der Waals surface area contributed by atoms with Gasteiger partial charge in [-0.25, -0.2) is 0 Å². The molecule has 0 aromatic heterocycles. The van der Waals surface area contributed by atoms with Gasteiger partial charge >= 0.3 is 33.6 Å². The average molecular weight is 396 g/mol. The molecule has 5 heavy (non-hydrogen) atoms. The maximum atomic E-state index is 1.96. The molecule has 5 heteroatoms. The molecule has 0 saturated carbocycles. The molecule has 2 radical (unpaired) electrons. The summed E-state index contributed by atoms with van der Waals surface area (Å²) in [5.41, 5.74) is 0. The van der Waals surface area contributed by atoms with Gasteiger partial charge in [-0.1, -0.05) is 0 Å². The largest absolute Gasteiger partial charge is 0 e. The molecule has 0 heterocycles. The van der Waals surface area contributed by atoms with Crippen molar-refractivity contribution in [3.05, 3.63) is 0 Å². The summed E-state index contributed by atoms with van der Waals surface area (Å²) >= 11 is 3.92. The summed E-state index contributed by atoms with van der Waals surface area (Å²) < 4.78 is 0. The predicted molar refractivity (Wildman–Crippen MR) is 0 cm³/mol. The van der Waals surface area contributed by atoms with Gasteiger partial charge in [0.15, 0.2) is 0 Å². The van der Waals surface area contributed by atoms with E-state index in [4.69, 9.17) is 0 Å². The second-order valence-electron chi connectivity index (χ2n) is 0. The molecule has 0 amide bonds. The van der Waals surface area contributed by atoms with E-state index in [-0.39, 0.29) is 61.2 Å². The van der Waals surface area contributed by atoms with E-state index in [1.807, 2.05) is 33.6 Å². The Bertz CT molecular complexity index is 9.61. The van der Waals surface area contributed by atoms with Crippen LogP contribution in [0.1, 0.15) is 0 Å². The maximum Gasteiger partial charge on any atom is 0 e. The fraction of sp³-hybridized carbons (Fsp3) is 0. The van der Waals surface area contributed by atoms with Gasteiger partial charge in [-0.15, -0.1) is 0 Å². The second kappa shape index (κ2) is 26.4. The second-order valence-corrected chi connectivity index (χ2v) is 0. The average Bonchev–Trinajstić information content (AvgIpc) is 1.00. The van der Waals surface area contributed by atoms with Gasteiger partial charge in [0.05, 0.1) is 0 Å². The van der Waals surface area contributed by atoms with Gasteiger partial charge in [0.1, 0.15) is 0 Å². The van der Waals surface area contributed by atoms with Crippen LogP contribution in [0.25, 0.3) is 0 Å². The van der Waals surface area contributed by atoms with Gasteiger partial charge in [0.25, 0.3) is 0 Å². The minimum absolute atomic E-state index is 0. The Labute approximate surface area is 92.9 Å². The van der Waals surface area contributed by atoms with Crippen molar-refractivity contribution in [2.24, 2.45) is 0 Å². The molecule has 0 nitrogen and oxygen atoms in total. The smallest absolute Gasteiger partial charge is 0 e. The van der Waals surface area contributed by atoms with E-state index in [1.54, 1.807) is 0 Å². The summed E-state index contributed by atoms with van der Waals surface area (Å²) in [7, 11) is 0. The van der Waals surface area contributed by atoms with E-state index < -0.39 is 0 Å². The van der Waals surface area contributed by atoms with Crippen molar-refractivity contribution in [2.45, 2.75) is 0 Å². The quantitative estimate of drug-likeness (QED) is 0.506. The maximum absolute atomic E-state index is 1.96. The van der Waals surface area contributed by atoms with Crippen LogP contribution in [0.3, 0.4) is 0 Å². The van der Waals surface area contributed by atoms with E-state index >= 15 is 0 Å². The molecule has 0 fully saturated rings. The van der Waals surface area contributed by atoms with E-state index in [0.29, 0.717) is 0 Å². The van der Waals surface area contributed by atoms with Crippen molar-refractivity contribution in [1.29, 1.82) is 0 Å². The van der Waals surface area contributed by atoms with E-state index in [2.05, 4.69) is 0 Å². The fourth-order valence-corrected chi connectivity index (χ4v) is 0. The topological polar surface area (TPSA) is 0 Å². The molecule has 0 unspecified atom stereocenters. The molecule has 0 spiro atoms. The van der Waals surface area contributed by atoms with Crippen LogP contribution in [-0.2, 0) is 94.8 Å². The SMILES string of the molecule is [Cu].[Mo][Mo].[Nb].[Ti]. The van der Waals surface area contributed by atoms with Gasteiger partial charge in [0, 0.05) is 61.2 Å². The summed E-state index contributed by atoms with van der Waals surface area (Å²) in [6.07, 6.45) is 0. The van der Waals surface area contributed by atoms with E-state index in [9.17, 15) is 0 Å². The zero-order valence-electron chi connectivity index (χ0n) is 2.07. The van der Waals surface area contributed by atoms with Crippen LogP contribution >= 0.6 is 0 Å². The summed E-state index contributed by atoms with van der Waals surface area (Å²) in [6.45, 7) is 0. The first-order chi connectivity index (χ1) is 1.00. The number of rotatable bonds is 0. The van der Waals surface area contributed by atoms with Gasteiger partial charge in [-0.3, -0.25) is 0 Å². The third kappa shape index (κ3) is 18.7. The van der Waals surface area contributed by atoms with Gasteiger partial charge in [0.2, 0.25) is 0 Å². The van der Waals surface area contributed by atoms with Crippen molar-refractivity contribution < 1.29 is 94.8 Å². The van der Waals surface area contributed by atoms with Crippen LogP contribution in [0.2, 0.25) is 0 Å². The molecular weight excluding hydrogens is 396 g/mol. The van der Waals surface area contributed by atoms with Crippen molar-refractivity contribution in [2.75, 3.05) is 0 Å². The molecule has 0 aliphatic carbocycles.